The van der Waals surface area contributed by atoms with E-state index in [9.17, 15) is 14.9 Å². The zero-order valence-electron chi connectivity index (χ0n) is 57.5. The SMILES string of the molecule is C[C@]12C[C@@H]3C[C@@]45CC6(CCCC6)C[C@H]4CC4=C[C@@H]6[C@@]78CC[C@H]9CCC[C@H]9[C@@H]7CC=C7CC[C@@H](C[C@@H]78)[C@]67O[C@]46[C@@H]5C(=O)OC[C@@]64[C@@H]7C(=O)[C@@H](O)[C@]5([C@@H]6C[C@@H](Cc7ccccc7)CC[C@H]6C#CC[C@@]1(c1ccoc1C[C@@H]([C@H]1CC[C@H]6[C@H](C=CN7CNC[C@H]67)C1)[C@H](O)CO)OC(=O)[C@H]1O[C@@]152)[C@H]34. The molecule has 13 nitrogen and oxygen atoms in total. The molecule has 518 valence electrons. The van der Waals surface area contributed by atoms with Gasteiger partial charge in [-0.25, -0.2) is 4.79 Å². The lowest BCUT2D eigenvalue weighted by molar-refractivity contribution is -0.315. The smallest absolute Gasteiger partial charge is 0.339 e. The van der Waals surface area contributed by atoms with Crippen molar-refractivity contribution in [2.75, 3.05) is 26.4 Å². The number of furan rings is 1. The summed E-state index contributed by atoms with van der Waals surface area (Å²) >= 11 is 0. The Bertz CT molecular complexity index is 3970. The molecule has 0 radical (unpaired) electrons. The largest absolute Gasteiger partial charge is 0.469 e. The summed E-state index contributed by atoms with van der Waals surface area (Å²) in [6.45, 7) is 3.86. The van der Waals surface area contributed by atoms with Gasteiger partial charge in [0.25, 0.3) is 0 Å². The summed E-state index contributed by atoms with van der Waals surface area (Å²) in [5.74, 6) is 8.45. The highest BCUT2D eigenvalue weighted by Crippen LogP contribution is 2.93. The molecule has 21 aliphatic rings. The molecule has 98 heavy (non-hydrogen) atoms. The van der Waals surface area contributed by atoms with Crippen LogP contribution in [0.5, 0.6) is 0 Å². The van der Waals surface area contributed by atoms with Gasteiger partial charge in [0.1, 0.15) is 29.7 Å². The average Bonchev–Trinajstić information content (AvgIpc) is 1.39. The van der Waals surface area contributed by atoms with Gasteiger partial charge in [-0.2, -0.15) is 0 Å². The number of nitrogens with one attached hydrogen (secondary N) is 1. The molecular weight excluding hydrogens is 1220 g/mol. The molecule has 8 heterocycles. The van der Waals surface area contributed by atoms with Crippen LogP contribution >= 0.6 is 0 Å². The number of hydrogen-bond donors (Lipinski definition) is 4. The van der Waals surface area contributed by atoms with Gasteiger partial charge in [0.2, 0.25) is 0 Å². The Labute approximate surface area is 577 Å². The van der Waals surface area contributed by atoms with E-state index in [-0.39, 0.29) is 89.6 Å². The topological polar surface area (TPSA) is 181 Å². The second-order valence-electron chi connectivity index (χ2n) is 38.3. The lowest BCUT2D eigenvalue weighted by Crippen LogP contribution is -2.84. The molecule has 0 unspecified atom stereocenters. The van der Waals surface area contributed by atoms with E-state index < -0.39 is 92.0 Å². The minimum atomic E-state index is -1.56. The van der Waals surface area contributed by atoms with Gasteiger partial charge in [0.05, 0.1) is 54.9 Å². The van der Waals surface area contributed by atoms with Gasteiger partial charge in [-0.15, -0.1) is 0 Å². The average molecular weight is 1330 g/mol. The highest BCUT2D eigenvalue weighted by molar-refractivity contribution is 5.94. The van der Waals surface area contributed by atoms with Crippen LogP contribution in [0.3, 0.4) is 0 Å². The number of carbonyl (C=O) groups is 3. The van der Waals surface area contributed by atoms with Crippen molar-refractivity contribution < 1.29 is 53.1 Å². The predicted octanol–water partition coefficient (Wildman–Crippen LogP) is 11.9. The normalized spacial score (nSPS) is 54.4. The fraction of sp³-hybridized carbons (Fsp3) is 0.753. The first-order valence-electron chi connectivity index (χ1n) is 40.1. The Hall–Kier alpha value is -4.55. The molecule has 7 aliphatic heterocycles. The molecule has 1 aromatic carbocycles. The standard InChI is InChI=1S/C85H102N2O11/c1-76-38-53-39-78-43-77(25-5-6-26-77)40-56(78)34-55-36-67-79-28-22-48-11-7-13-57(48)60(79)21-18-50-16-19-54(35-62(50)79)83(67)70-68(90)72(91)82(69(53)80(70)44-95-74(92)71(78)84(55,80)98-83)63-32-47(31-46-9-3-2-4-10-46)14-15-49(63)12-8-27-81(76,97-75(93)73-85(76,82)96-73)61-24-30-94-66(61)37-59(65(89)42-88)51-17-20-58-52(33-51)23-29-87-45-86-41-64(58)87/h2-4,9-10,18,23-24,29-30,36,47-49,51-54,56-60,62-65,67,69-73,86,88-89,91H,5-7,11,13-17,19-22,25-28,31-35,37-45H2,1H3/t47-,48-,49-,51+,52-,53-,54+,56-,57-,58+,59+,60+,62+,63-,64-,65-,67-,69-,70+,71-,72-,73-,76+,78-,79+,80-,81+,82+,83+,84+,85-/m1/s1. The van der Waals surface area contributed by atoms with Crippen LogP contribution in [-0.2, 0) is 51.8 Å². The highest BCUT2D eigenvalue weighted by atomic mass is 16.7. The second-order valence-corrected chi connectivity index (χ2v) is 38.3. The minimum absolute atomic E-state index is 0.0485. The first-order chi connectivity index (χ1) is 47.7. The van der Waals surface area contributed by atoms with E-state index in [1.807, 2.05) is 6.07 Å². The number of Topliss-reactive ketones (excluding diaryl/α,β-unsaturated/α-hetero) is 1. The molecule has 14 aliphatic carbocycles. The third-order valence-corrected chi connectivity index (χ3v) is 36.3. The molecule has 0 amide bonds. The van der Waals surface area contributed by atoms with Crippen molar-refractivity contribution in [3.05, 3.63) is 95.1 Å². The second kappa shape index (κ2) is 19.6. The number of esters is 2. The van der Waals surface area contributed by atoms with Gasteiger partial charge < -0.3 is 43.6 Å². The number of aliphatic hydroxyl groups excluding tert-OH is 3. The first kappa shape index (κ1) is 59.9. The van der Waals surface area contributed by atoms with Crippen LogP contribution in [-0.4, -0.2) is 106 Å². The number of fused-ring (bicyclic) bond motifs is 7. The van der Waals surface area contributed by atoms with Crippen molar-refractivity contribution in [1.82, 2.24) is 10.2 Å². The fourth-order valence-electron chi connectivity index (χ4n) is 34.0. The third kappa shape index (κ3) is 6.57. The molecule has 1 aromatic heterocycles. The van der Waals surface area contributed by atoms with Crippen LogP contribution in [0.2, 0.25) is 0 Å². The number of aliphatic hydroxyl groups is 3. The van der Waals surface area contributed by atoms with Crippen LogP contribution in [0, 0.1) is 151 Å². The summed E-state index contributed by atoms with van der Waals surface area (Å²) < 4.78 is 39.2. The van der Waals surface area contributed by atoms with Crippen molar-refractivity contribution in [2.24, 2.45) is 139 Å². The molecule has 23 rings (SSSR count). The summed E-state index contributed by atoms with van der Waals surface area (Å²) in [7, 11) is 0. The van der Waals surface area contributed by atoms with Crippen LogP contribution in [0.15, 0.2) is 82.7 Å². The number of epoxide rings is 1. The molecule has 13 heteroatoms. The Morgan fingerprint density at radius 3 is 2.63 bits per heavy atom. The van der Waals surface area contributed by atoms with E-state index in [1.54, 1.807) is 11.8 Å². The van der Waals surface area contributed by atoms with Crippen LogP contribution in [0.1, 0.15) is 184 Å². The minimum Gasteiger partial charge on any atom is -0.469 e. The number of carbonyl (C=O) groups excluding carboxylic acids is 3. The van der Waals surface area contributed by atoms with E-state index in [1.165, 1.54) is 49.7 Å². The van der Waals surface area contributed by atoms with E-state index in [2.05, 4.69) is 83.7 Å². The lowest BCUT2D eigenvalue weighted by Gasteiger charge is -2.74. The maximum Gasteiger partial charge on any atom is 0.339 e. The number of cyclic esters (lactones) is 1. The Kier molecular flexibility index (Phi) is 12.0. The van der Waals surface area contributed by atoms with Gasteiger partial charge in [0, 0.05) is 47.2 Å². The van der Waals surface area contributed by atoms with Crippen molar-refractivity contribution in [3.8, 4) is 11.8 Å². The molecule has 31 atom stereocenters. The van der Waals surface area contributed by atoms with Crippen LogP contribution in [0.4, 0.5) is 0 Å². The first-order valence-corrected chi connectivity index (χ1v) is 40.1. The molecule has 11 bridgehead atoms. The van der Waals surface area contributed by atoms with Crippen molar-refractivity contribution in [3.63, 3.8) is 0 Å². The zero-order chi connectivity index (χ0) is 65.3. The number of ketones is 1. The number of ether oxygens (including phenoxy) is 4. The quantitative estimate of drug-likeness (QED) is 0.0849. The number of hydrogen-bond acceptors (Lipinski definition) is 13. The number of benzene rings is 1. The Morgan fingerprint density at radius 1 is 0.867 bits per heavy atom. The fourth-order valence-corrected chi connectivity index (χ4v) is 34.0. The molecular formula is C85H102N2O11. The summed E-state index contributed by atoms with van der Waals surface area (Å²) in [5, 5.41) is 42.7. The molecule has 2 aromatic rings. The summed E-state index contributed by atoms with van der Waals surface area (Å²) in [6.07, 6.45) is 34.0. The van der Waals surface area contributed by atoms with E-state index in [0.29, 0.717) is 60.7 Å². The zero-order valence-corrected chi connectivity index (χ0v) is 57.5. The molecule has 8 spiro atoms. The van der Waals surface area contributed by atoms with Gasteiger partial charge in [-0.1, -0.05) is 98.6 Å². The predicted molar refractivity (Wildman–Crippen MR) is 360 cm³/mol. The van der Waals surface area contributed by atoms with Gasteiger partial charge >= 0.3 is 11.9 Å². The number of allylic oxidation sites excluding steroid dienone is 3. The van der Waals surface area contributed by atoms with Crippen LogP contribution < -0.4 is 5.32 Å². The van der Waals surface area contributed by atoms with Gasteiger partial charge in [-0.05, 0) is 257 Å². The Balaban J connectivity index is 0.765. The maximum absolute atomic E-state index is 18.6. The maximum atomic E-state index is 18.6. The Morgan fingerprint density at radius 2 is 1.76 bits per heavy atom. The molecule has 4 N–H and O–H groups in total. The summed E-state index contributed by atoms with van der Waals surface area (Å²) in [6, 6.07) is 13.4. The molecule has 17 fully saturated rings. The van der Waals surface area contributed by atoms with E-state index in [0.717, 1.165) is 134 Å². The highest BCUT2D eigenvalue weighted by Gasteiger charge is 3.01. The van der Waals surface area contributed by atoms with Gasteiger partial charge in [-0.3, -0.25) is 14.9 Å². The van der Waals surface area contributed by atoms with Crippen LogP contribution in [0.25, 0.3) is 0 Å². The number of rotatable bonds is 8. The van der Waals surface area contributed by atoms with E-state index >= 15 is 19.5 Å². The lowest BCUT2D eigenvalue weighted by atomic mass is 9.27. The third-order valence-electron chi connectivity index (χ3n) is 36.3. The monoisotopic (exact) mass is 1330 g/mol. The summed E-state index contributed by atoms with van der Waals surface area (Å²) in [5.41, 5.74) is -4.33. The van der Waals surface area contributed by atoms with Gasteiger partial charge in [0.15, 0.2) is 17.5 Å². The summed E-state index contributed by atoms with van der Waals surface area (Å²) in [4.78, 5) is 54.4. The van der Waals surface area contributed by atoms with E-state index in [4.69, 9.17) is 18.6 Å². The van der Waals surface area contributed by atoms with Crippen molar-refractivity contribution in [2.45, 2.75) is 227 Å². The number of nitrogens with zero attached hydrogens (tertiary/aromatic N) is 1. The molecule has 12 saturated carbocycles. The van der Waals surface area contributed by atoms with Crippen molar-refractivity contribution >= 4 is 17.7 Å². The molecule has 5 saturated heterocycles. The van der Waals surface area contributed by atoms with Crippen molar-refractivity contribution in [1.29, 1.82) is 0 Å².